The van der Waals surface area contributed by atoms with Crippen molar-refractivity contribution in [3.05, 3.63) is 74.3 Å². The molecule has 146 valence electrons. The lowest BCUT2D eigenvalue weighted by Crippen LogP contribution is -2.13. The van der Waals surface area contributed by atoms with Crippen molar-refractivity contribution in [3.8, 4) is 16.9 Å². The van der Waals surface area contributed by atoms with Crippen molar-refractivity contribution in [2.24, 2.45) is 0 Å². The zero-order valence-corrected chi connectivity index (χ0v) is 17.5. The van der Waals surface area contributed by atoms with Gasteiger partial charge in [0.25, 0.3) is 5.56 Å². The van der Waals surface area contributed by atoms with Gasteiger partial charge < -0.3 is 14.5 Å². The first-order valence-corrected chi connectivity index (χ1v) is 11.1. The van der Waals surface area contributed by atoms with E-state index in [0.717, 1.165) is 32.8 Å². The van der Waals surface area contributed by atoms with Gasteiger partial charge in [-0.05, 0) is 17.7 Å². The Bertz CT molecular complexity index is 1250. The van der Waals surface area contributed by atoms with Crippen molar-refractivity contribution >= 4 is 44.9 Å². The second-order valence-electron chi connectivity index (χ2n) is 6.52. The molecule has 0 aliphatic carbocycles. The van der Waals surface area contributed by atoms with Gasteiger partial charge in [0.2, 0.25) is 0 Å². The normalized spacial score (nSPS) is 13.3. The Labute approximate surface area is 179 Å². The number of fused-ring (bicyclic) bond motifs is 2. The summed E-state index contributed by atoms with van der Waals surface area (Å²) in [4.78, 5) is 21.1. The molecule has 0 bridgehead atoms. The molecule has 0 atom stereocenters. The van der Waals surface area contributed by atoms with Gasteiger partial charge in [-0.1, -0.05) is 53.7 Å². The van der Waals surface area contributed by atoms with E-state index in [9.17, 15) is 4.79 Å². The Balaban J connectivity index is 1.46. The number of hydrogen-bond acceptors (Lipinski definition) is 6. The molecule has 2 aromatic carbocycles. The third-order valence-electron chi connectivity index (χ3n) is 4.62. The van der Waals surface area contributed by atoms with E-state index in [1.54, 1.807) is 0 Å². The molecule has 5 rings (SSSR count). The minimum absolute atomic E-state index is 0.129. The molecule has 0 saturated heterocycles. The number of aromatic amines is 1. The number of ether oxygens (including phenoxy) is 2. The summed E-state index contributed by atoms with van der Waals surface area (Å²) in [7, 11) is 0. The van der Waals surface area contributed by atoms with Crippen LogP contribution in [0.5, 0.6) is 5.75 Å². The molecule has 0 amide bonds. The summed E-state index contributed by atoms with van der Waals surface area (Å²) in [6, 6.07) is 13.6. The first kappa shape index (κ1) is 18.7. The molecule has 3 heterocycles. The second kappa shape index (κ2) is 7.84. The molecule has 0 saturated carbocycles. The molecule has 29 heavy (non-hydrogen) atoms. The molecule has 1 aliphatic heterocycles. The topological polar surface area (TPSA) is 64.2 Å². The Morgan fingerprint density at radius 2 is 2.10 bits per heavy atom. The molecular formula is C21H15ClN2O3S2. The van der Waals surface area contributed by atoms with Gasteiger partial charge in [0, 0.05) is 32.8 Å². The number of nitrogens with zero attached hydrogens (tertiary/aromatic N) is 1. The van der Waals surface area contributed by atoms with Crippen molar-refractivity contribution in [2.45, 2.75) is 17.5 Å². The standard InChI is InChI=1S/C21H15ClN2O3S2/c22-15-6-13-8-26-11-27-18(13)14(7-15)9-29-21-23-19(25)17-16(10-28-20(17)24-21)12-4-2-1-3-5-12/h1-7,10H,8-9,11H2,(H,23,24,25). The van der Waals surface area contributed by atoms with Crippen LogP contribution in [-0.4, -0.2) is 16.8 Å². The number of thioether (sulfide) groups is 1. The molecule has 8 heteroatoms. The first-order chi connectivity index (χ1) is 14.2. The molecule has 1 N–H and O–H groups in total. The van der Waals surface area contributed by atoms with Crippen LogP contribution < -0.4 is 10.3 Å². The molecule has 2 aromatic heterocycles. The van der Waals surface area contributed by atoms with E-state index in [0.29, 0.717) is 27.9 Å². The third kappa shape index (κ3) is 3.67. The zero-order valence-electron chi connectivity index (χ0n) is 15.1. The van der Waals surface area contributed by atoms with Crippen LogP contribution in [0.4, 0.5) is 0 Å². The maximum absolute atomic E-state index is 12.8. The van der Waals surface area contributed by atoms with Gasteiger partial charge in [0.1, 0.15) is 10.6 Å². The van der Waals surface area contributed by atoms with Gasteiger partial charge in [-0.3, -0.25) is 4.79 Å². The SMILES string of the molecule is O=c1[nH]c(SCc2cc(Cl)cc3c2OCOC3)nc2scc(-c3ccccc3)c12. The van der Waals surface area contributed by atoms with Gasteiger partial charge in [-0.15, -0.1) is 11.3 Å². The van der Waals surface area contributed by atoms with Gasteiger partial charge in [-0.2, -0.15) is 0 Å². The second-order valence-corrected chi connectivity index (χ2v) is 8.78. The van der Waals surface area contributed by atoms with E-state index in [4.69, 9.17) is 21.1 Å². The van der Waals surface area contributed by atoms with E-state index in [1.807, 2.05) is 47.8 Å². The highest BCUT2D eigenvalue weighted by Crippen LogP contribution is 2.36. The Hall–Kier alpha value is -2.32. The van der Waals surface area contributed by atoms with Crippen LogP contribution in [0.3, 0.4) is 0 Å². The monoisotopic (exact) mass is 442 g/mol. The van der Waals surface area contributed by atoms with Crippen molar-refractivity contribution in [2.75, 3.05) is 6.79 Å². The smallest absolute Gasteiger partial charge is 0.260 e. The van der Waals surface area contributed by atoms with Crippen LogP contribution in [0.2, 0.25) is 5.02 Å². The highest BCUT2D eigenvalue weighted by Gasteiger charge is 2.18. The Morgan fingerprint density at radius 1 is 1.24 bits per heavy atom. The van der Waals surface area contributed by atoms with E-state index < -0.39 is 0 Å². The van der Waals surface area contributed by atoms with Crippen molar-refractivity contribution < 1.29 is 9.47 Å². The van der Waals surface area contributed by atoms with E-state index in [-0.39, 0.29) is 12.4 Å². The summed E-state index contributed by atoms with van der Waals surface area (Å²) in [6.07, 6.45) is 0. The van der Waals surface area contributed by atoms with Gasteiger partial charge in [0.15, 0.2) is 11.9 Å². The van der Waals surface area contributed by atoms with Crippen molar-refractivity contribution in [3.63, 3.8) is 0 Å². The molecule has 0 radical (unpaired) electrons. The summed E-state index contributed by atoms with van der Waals surface area (Å²) in [6.45, 7) is 0.705. The quantitative estimate of drug-likeness (QED) is 0.335. The molecule has 0 unspecified atom stereocenters. The summed E-state index contributed by atoms with van der Waals surface area (Å²) in [5.41, 5.74) is 3.68. The number of benzene rings is 2. The van der Waals surface area contributed by atoms with Gasteiger partial charge in [0.05, 0.1) is 12.0 Å². The summed E-state index contributed by atoms with van der Waals surface area (Å²) in [5, 5.41) is 3.82. The average molecular weight is 443 g/mol. The minimum atomic E-state index is -0.129. The van der Waals surface area contributed by atoms with Crippen LogP contribution in [0.15, 0.2) is 57.8 Å². The lowest BCUT2D eigenvalue weighted by Gasteiger charge is -2.20. The number of aromatic nitrogens is 2. The lowest BCUT2D eigenvalue weighted by atomic mass is 10.1. The van der Waals surface area contributed by atoms with Gasteiger partial charge >= 0.3 is 0 Å². The highest BCUT2D eigenvalue weighted by molar-refractivity contribution is 7.98. The first-order valence-electron chi connectivity index (χ1n) is 8.90. The number of rotatable bonds is 4. The van der Waals surface area contributed by atoms with Crippen LogP contribution in [0, 0.1) is 0 Å². The van der Waals surface area contributed by atoms with E-state index in [1.165, 1.54) is 23.1 Å². The fourth-order valence-corrected chi connectivity index (χ4v) is 5.43. The molecule has 4 aromatic rings. The molecule has 0 fully saturated rings. The summed E-state index contributed by atoms with van der Waals surface area (Å²) >= 11 is 9.16. The van der Waals surface area contributed by atoms with Crippen LogP contribution in [-0.2, 0) is 17.1 Å². The maximum atomic E-state index is 12.8. The predicted octanol–water partition coefficient (Wildman–Crippen LogP) is 5.46. The van der Waals surface area contributed by atoms with Crippen LogP contribution >= 0.6 is 34.7 Å². The fourth-order valence-electron chi connectivity index (χ4n) is 3.34. The number of nitrogens with one attached hydrogen (secondary N) is 1. The fraction of sp³-hybridized carbons (Fsp3) is 0.143. The molecule has 5 nitrogen and oxygen atoms in total. The third-order valence-corrected chi connectivity index (χ3v) is 6.64. The summed E-state index contributed by atoms with van der Waals surface area (Å²) < 4.78 is 11.0. The number of halogens is 1. The Kier molecular flexibility index (Phi) is 5.05. The van der Waals surface area contributed by atoms with Crippen molar-refractivity contribution in [1.29, 1.82) is 0 Å². The summed E-state index contributed by atoms with van der Waals surface area (Å²) in [5.74, 6) is 1.38. The van der Waals surface area contributed by atoms with Crippen LogP contribution in [0.1, 0.15) is 11.1 Å². The minimum Gasteiger partial charge on any atom is -0.467 e. The maximum Gasteiger partial charge on any atom is 0.260 e. The number of hydrogen-bond donors (Lipinski definition) is 1. The molecule has 1 aliphatic rings. The van der Waals surface area contributed by atoms with E-state index >= 15 is 0 Å². The number of H-pyrrole nitrogens is 1. The van der Waals surface area contributed by atoms with E-state index in [2.05, 4.69) is 9.97 Å². The molecular weight excluding hydrogens is 428 g/mol. The molecule has 0 spiro atoms. The lowest BCUT2D eigenvalue weighted by molar-refractivity contribution is -0.0168. The zero-order chi connectivity index (χ0) is 19.8. The Morgan fingerprint density at radius 3 is 2.97 bits per heavy atom. The predicted molar refractivity (Wildman–Crippen MR) is 117 cm³/mol. The average Bonchev–Trinajstić information content (AvgIpc) is 3.17. The highest BCUT2D eigenvalue weighted by atomic mass is 35.5. The number of thiophene rings is 1. The largest absolute Gasteiger partial charge is 0.467 e. The van der Waals surface area contributed by atoms with Crippen molar-refractivity contribution in [1.82, 2.24) is 9.97 Å². The van der Waals surface area contributed by atoms with Crippen LogP contribution in [0.25, 0.3) is 21.3 Å². The van der Waals surface area contributed by atoms with Gasteiger partial charge in [-0.25, -0.2) is 4.98 Å².